The highest BCUT2D eigenvalue weighted by molar-refractivity contribution is 5.94. The van der Waals surface area contributed by atoms with Gasteiger partial charge in [-0.25, -0.2) is 4.79 Å². The Morgan fingerprint density at radius 2 is 1.74 bits per heavy atom. The predicted molar refractivity (Wildman–Crippen MR) is 104 cm³/mol. The second-order valence-corrected chi connectivity index (χ2v) is 6.09. The summed E-state index contributed by atoms with van der Waals surface area (Å²) in [6, 6.07) is 21.6. The van der Waals surface area contributed by atoms with Crippen molar-refractivity contribution in [2.24, 2.45) is 0 Å². The smallest absolute Gasteiger partial charge is 0.335 e. The van der Waals surface area contributed by atoms with Crippen molar-refractivity contribution in [3.63, 3.8) is 0 Å². The number of carboxylic acids is 1. The third kappa shape index (κ3) is 4.73. The quantitative estimate of drug-likeness (QED) is 0.683. The van der Waals surface area contributed by atoms with Crippen LogP contribution in [-0.2, 0) is 4.79 Å². The van der Waals surface area contributed by atoms with Crippen LogP contribution in [0.25, 0.3) is 11.1 Å². The van der Waals surface area contributed by atoms with Crippen LogP contribution in [-0.4, -0.2) is 23.6 Å². The molecule has 0 unspecified atom stereocenters. The zero-order valence-electron chi connectivity index (χ0n) is 14.8. The second kappa shape index (κ2) is 8.19. The fourth-order valence-electron chi connectivity index (χ4n) is 2.71. The molecular weight excluding hydrogens is 342 g/mol. The molecule has 3 aromatic carbocycles. The predicted octanol–water partition coefficient (Wildman–Crippen LogP) is 4.38. The monoisotopic (exact) mass is 361 g/mol. The van der Waals surface area contributed by atoms with Crippen molar-refractivity contribution in [2.45, 2.75) is 6.92 Å². The summed E-state index contributed by atoms with van der Waals surface area (Å²) in [6.07, 6.45) is 0. The molecule has 0 bridgehead atoms. The molecule has 5 nitrogen and oxygen atoms in total. The maximum absolute atomic E-state index is 12.2. The number of benzene rings is 3. The van der Waals surface area contributed by atoms with E-state index >= 15 is 0 Å². The Kier molecular flexibility index (Phi) is 5.52. The average molecular weight is 361 g/mol. The maximum atomic E-state index is 12.2. The molecule has 0 fully saturated rings. The van der Waals surface area contributed by atoms with Gasteiger partial charge in [-0.1, -0.05) is 54.1 Å². The Bertz CT molecular complexity index is 981. The van der Waals surface area contributed by atoms with Gasteiger partial charge in [0.25, 0.3) is 5.91 Å². The molecule has 2 N–H and O–H groups in total. The minimum absolute atomic E-state index is 0.110. The number of aromatic carboxylic acids is 1. The van der Waals surface area contributed by atoms with E-state index < -0.39 is 5.97 Å². The van der Waals surface area contributed by atoms with Crippen molar-refractivity contribution in [1.82, 2.24) is 0 Å². The van der Waals surface area contributed by atoms with Crippen LogP contribution >= 0.6 is 0 Å². The number of rotatable bonds is 6. The molecule has 0 aliphatic carbocycles. The standard InChI is InChI=1S/C22H19NO4/c1-15-6-4-7-16(12-15)19-10-2-3-11-20(19)27-14-21(24)23-18-9-5-8-17(13-18)22(25)26/h2-13H,14H2,1H3,(H,23,24)(H,25,26). The number of aryl methyl sites for hydroxylation is 1. The van der Waals surface area contributed by atoms with Gasteiger partial charge in [-0.15, -0.1) is 0 Å². The fraction of sp³-hybridized carbons (Fsp3) is 0.0909. The Balaban J connectivity index is 1.69. The van der Waals surface area contributed by atoms with Gasteiger partial charge in [0, 0.05) is 11.3 Å². The molecule has 5 heteroatoms. The Morgan fingerprint density at radius 3 is 2.52 bits per heavy atom. The largest absolute Gasteiger partial charge is 0.483 e. The van der Waals surface area contributed by atoms with Gasteiger partial charge in [0.2, 0.25) is 0 Å². The van der Waals surface area contributed by atoms with Crippen LogP contribution in [0.3, 0.4) is 0 Å². The van der Waals surface area contributed by atoms with Gasteiger partial charge in [0.1, 0.15) is 5.75 Å². The second-order valence-electron chi connectivity index (χ2n) is 6.09. The molecule has 136 valence electrons. The topological polar surface area (TPSA) is 75.6 Å². The molecule has 3 rings (SSSR count). The molecule has 0 aliphatic heterocycles. The van der Waals surface area contributed by atoms with Gasteiger partial charge in [0.05, 0.1) is 5.56 Å². The summed E-state index contributed by atoms with van der Waals surface area (Å²) >= 11 is 0. The van der Waals surface area contributed by atoms with Gasteiger partial charge >= 0.3 is 5.97 Å². The van der Waals surface area contributed by atoms with Crippen molar-refractivity contribution in [3.8, 4) is 16.9 Å². The van der Waals surface area contributed by atoms with Gasteiger partial charge in [-0.2, -0.15) is 0 Å². The molecule has 1 amide bonds. The highest BCUT2D eigenvalue weighted by Gasteiger charge is 2.10. The molecule has 0 atom stereocenters. The molecule has 0 aromatic heterocycles. The number of nitrogens with one attached hydrogen (secondary N) is 1. The minimum Gasteiger partial charge on any atom is -0.483 e. The number of hydrogen-bond acceptors (Lipinski definition) is 3. The number of anilines is 1. The van der Waals surface area contributed by atoms with E-state index in [1.807, 2.05) is 49.4 Å². The van der Waals surface area contributed by atoms with Gasteiger partial charge in [0.15, 0.2) is 6.61 Å². The van der Waals surface area contributed by atoms with Crippen molar-refractivity contribution in [3.05, 3.63) is 83.9 Å². The summed E-state index contributed by atoms with van der Waals surface area (Å²) in [6.45, 7) is 1.84. The third-order valence-electron chi connectivity index (χ3n) is 3.97. The van der Waals surface area contributed by atoms with E-state index in [-0.39, 0.29) is 18.1 Å². The number of hydrogen-bond donors (Lipinski definition) is 2. The lowest BCUT2D eigenvalue weighted by Gasteiger charge is -2.12. The zero-order chi connectivity index (χ0) is 19.2. The van der Waals surface area contributed by atoms with Gasteiger partial charge in [-0.3, -0.25) is 4.79 Å². The van der Waals surface area contributed by atoms with Crippen molar-refractivity contribution in [1.29, 1.82) is 0 Å². The SMILES string of the molecule is Cc1cccc(-c2ccccc2OCC(=O)Nc2cccc(C(=O)O)c2)c1. The van der Waals surface area contributed by atoms with Crippen LogP contribution in [0.2, 0.25) is 0 Å². The molecule has 0 aliphatic rings. The number of carbonyl (C=O) groups excluding carboxylic acids is 1. The van der Waals surface area contributed by atoms with Crippen molar-refractivity contribution < 1.29 is 19.4 Å². The van der Waals surface area contributed by atoms with Crippen molar-refractivity contribution in [2.75, 3.05) is 11.9 Å². The molecule has 0 saturated heterocycles. The zero-order valence-corrected chi connectivity index (χ0v) is 14.8. The van der Waals surface area contributed by atoms with E-state index in [2.05, 4.69) is 11.4 Å². The molecule has 0 heterocycles. The van der Waals surface area contributed by atoms with E-state index in [1.54, 1.807) is 12.1 Å². The summed E-state index contributed by atoms with van der Waals surface area (Å²) in [5.41, 5.74) is 3.58. The normalized spacial score (nSPS) is 10.3. The van der Waals surface area contributed by atoms with Crippen LogP contribution in [0, 0.1) is 6.92 Å². The first kappa shape index (κ1) is 18.2. The molecule has 0 radical (unpaired) electrons. The van der Waals surface area contributed by atoms with E-state index in [0.717, 1.165) is 16.7 Å². The molecule has 3 aromatic rings. The lowest BCUT2D eigenvalue weighted by Crippen LogP contribution is -2.20. The van der Waals surface area contributed by atoms with Gasteiger partial charge in [-0.05, 0) is 36.8 Å². The van der Waals surface area contributed by atoms with Crippen LogP contribution in [0.15, 0.2) is 72.8 Å². The lowest BCUT2D eigenvalue weighted by atomic mass is 10.0. The number of ether oxygens (including phenoxy) is 1. The summed E-state index contributed by atoms with van der Waals surface area (Å²) in [5.74, 6) is -0.802. The molecular formula is C22H19NO4. The summed E-state index contributed by atoms with van der Waals surface area (Å²) < 4.78 is 5.71. The molecule has 0 saturated carbocycles. The first-order valence-corrected chi connectivity index (χ1v) is 8.45. The number of carboxylic acid groups (broad SMARTS) is 1. The van der Waals surface area contributed by atoms with Crippen LogP contribution in [0.4, 0.5) is 5.69 Å². The van der Waals surface area contributed by atoms with E-state index in [9.17, 15) is 9.59 Å². The highest BCUT2D eigenvalue weighted by Crippen LogP contribution is 2.30. The molecule has 0 spiro atoms. The minimum atomic E-state index is -1.05. The summed E-state index contributed by atoms with van der Waals surface area (Å²) in [5, 5.41) is 11.7. The first-order valence-electron chi connectivity index (χ1n) is 8.45. The highest BCUT2D eigenvalue weighted by atomic mass is 16.5. The Morgan fingerprint density at radius 1 is 0.963 bits per heavy atom. The van der Waals surface area contributed by atoms with Gasteiger partial charge < -0.3 is 15.2 Å². The van der Waals surface area contributed by atoms with E-state index in [4.69, 9.17) is 9.84 Å². The van der Waals surface area contributed by atoms with Crippen LogP contribution < -0.4 is 10.1 Å². The third-order valence-corrected chi connectivity index (χ3v) is 3.97. The Labute approximate surface area is 157 Å². The number of para-hydroxylation sites is 1. The van der Waals surface area contributed by atoms with E-state index in [0.29, 0.717) is 11.4 Å². The average Bonchev–Trinajstić information content (AvgIpc) is 2.67. The lowest BCUT2D eigenvalue weighted by molar-refractivity contribution is -0.118. The van der Waals surface area contributed by atoms with E-state index in [1.165, 1.54) is 12.1 Å². The summed E-state index contributed by atoms with van der Waals surface area (Å²) in [4.78, 5) is 23.2. The fourth-order valence-corrected chi connectivity index (χ4v) is 2.71. The maximum Gasteiger partial charge on any atom is 0.335 e. The molecule has 27 heavy (non-hydrogen) atoms. The number of amides is 1. The number of carbonyl (C=O) groups is 2. The summed E-state index contributed by atoms with van der Waals surface area (Å²) in [7, 11) is 0. The van der Waals surface area contributed by atoms with Crippen molar-refractivity contribution >= 4 is 17.6 Å². The Hall–Kier alpha value is -3.60. The first-order chi connectivity index (χ1) is 13.0. The van der Waals surface area contributed by atoms with Crippen LogP contribution in [0.5, 0.6) is 5.75 Å². The van der Waals surface area contributed by atoms with Crippen LogP contribution in [0.1, 0.15) is 15.9 Å².